The smallest absolute Gasteiger partial charge is 0.307 e. The molecule has 1 aliphatic rings. The number of halogens is 3. The van der Waals surface area contributed by atoms with Crippen LogP contribution in [0.2, 0.25) is 0 Å². The summed E-state index contributed by atoms with van der Waals surface area (Å²) in [4.78, 5) is 16.2. The molecule has 2 heterocycles. The molecule has 1 N–H and O–H groups in total. The van der Waals surface area contributed by atoms with E-state index in [4.69, 9.17) is 4.74 Å². The summed E-state index contributed by atoms with van der Waals surface area (Å²) in [5.41, 5.74) is 3.20. The number of aromatic nitrogens is 1. The number of nitrogens with zero attached hydrogens (tertiary/aromatic N) is 1. The lowest BCUT2D eigenvalue weighted by atomic mass is 9.86. The fraction of sp³-hybridized carbons (Fsp3) is 0.200. The molecule has 0 bridgehead atoms. The van der Waals surface area contributed by atoms with Crippen LogP contribution in [0.15, 0.2) is 42.6 Å². The Morgan fingerprint density at radius 3 is 2.78 bits per heavy atom. The highest BCUT2D eigenvalue weighted by Gasteiger charge is 2.24. The van der Waals surface area contributed by atoms with Gasteiger partial charge in [-0.3, -0.25) is 9.78 Å². The average molecular weight is 437 g/mol. The van der Waals surface area contributed by atoms with Crippen molar-refractivity contribution in [3.05, 3.63) is 70.7 Å². The van der Waals surface area contributed by atoms with Gasteiger partial charge in [0.25, 0.3) is 6.43 Å². The Labute approximate surface area is 181 Å². The summed E-state index contributed by atoms with van der Waals surface area (Å²) in [7, 11) is 0. The lowest BCUT2D eigenvalue weighted by molar-refractivity contribution is -0.136. The first-order valence-corrected chi connectivity index (χ1v) is 10.1. The molecule has 0 amide bonds. The number of hydrogen-bond acceptors (Lipinski definition) is 3. The normalized spacial score (nSPS) is 13.0. The molecule has 1 aromatic heterocycles. The molecule has 0 atom stereocenters. The fourth-order valence-corrected chi connectivity index (χ4v) is 4.58. The van der Waals surface area contributed by atoms with Gasteiger partial charge in [-0.2, -0.15) is 0 Å². The maximum Gasteiger partial charge on any atom is 0.307 e. The number of hydrogen-bond donors (Lipinski definition) is 1. The first-order valence-electron chi connectivity index (χ1n) is 10.1. The van der Waals surface area contributed by atoms with Crippen molar-refractivity contribution < 1.29 is 27.8 Å². The van der Waals surface area contributed by atoms with Crippen molar-refractivity contribution >= 4 is 27.6 Å². The zero-order valence-corrected chi connectivity index (χ0v) is 17.1. The number of aliphatic carboxylic acids is 1. The van der Waals surface area contributed by atoms with E-state index in [1.165, 1.54) is 0 Å². The van der Waals surface area contributed by atoms with Crippen molar-refractivity contribution in [3.63, 3.8) is 0 Å². The molecule has 4 aromatic rings. The molecular weight excluding hydrogens is 419 g/mol. The second-order valence-electron chi connectivity index (χ2n) is 7.92. The number of alkyl halides is 2. The number of pyridine rings is 1. The van der Waals surface area contributed by atoms with Crippen LogP contribution in [0.3, 0.4) is 0 Å². The van der Waals surface area contributed by atoms with Crippen molar-refractivity contribution in [3.8, 4) is 16.9 Å². The van der Waals surface area contributed by atoms with Gasteiger partial charge in [-0.1, -0.05) is 6.07 Å². The van der Waals surface area contributed by atoms with E-state index in [0.29, 0.717) is 57.3 Å². The second kappa shape index (κ2) is 7.51. The van der Waals surface area contributed by atoms with Crippen molar-refractivity contribution in [2.24, 2.45) is 0 Å². The van der Waals surface area contributed by atoms with E-state index in [1.807, 2.05) is 6.07 Å². The summed E-state index contributed by atoms with van der Waals surface area (Å²) in [5, 5.41) is 11.2. The largest absolute Gasteiger partial charge is 0.493 e. The molecule has 0 aliphatic carbocycles. The molecule has 7 heteroatoms. The Hall–Kier alpha value is -3.61. The van der Waals surface area contributed by atoms with Gasteiger partial charge in [-0.25, -0.2) is 13.2 Å². The molecule has 0 spiro atoms. The molecule has 5 rings (SSSR count). The van der Waals surface area contributed by atoms with Crippen LogP contribution >= 0.6 is 0 Å². The van der Waals surface area contributed by atoms with Crippen LogP contribution < -0.4 is 4.74 Å². The highest BCUT2D eigenvalue weighted by molar-refractivity contribution is 6.08. The van der Waals surface area contributed by atoms with Gasteiger partial charge in [0.05, 0.1) is 24.1 Å². The fourth-order valence-electron chi connectivity index (χ4n) is 4.58. The van der Waals surface area contributed by atoms with Gasteiger partial charge in [0.2, 0.25) is 0 Å². The Morgan fingerprint density at radius 1 is 1.22 bits per heavy atom. The van der Waals surface area contributed by atoms with Crippen LogP contribution in [0.25, 0.3) is 32.8 Å². The number of carbonyl (C=O) groups is 1. The van der Waals surface area contributed by atoms with E-state index in [2.05, 4.69) is 4.98 Å². The zero-order chi connectivity index (χ0) is 22.6. The molecule has 3 aromatic carbocycles. The predicted molar refractivity (Wildman–Crippen MR) is 115 cm³/mol. The summed E-state index contributed by atoms with van der Waals surface area (Å²) in [6.07, 6.45) is -0.866. The minimum absolute atomic E-state index is 0.297. The molecule has 4 nitrogen and oxygen atoms in total. The number of aryl methyl sites for hydroxylation is 1. The quantitative estimate of drug-likeness (QED) is 0.425. The van der Waals surface area contributed by atoms with Gasteiger partial charge in [0.15, 0.2) is 0 Å². The minimum Gasteiger partial charge on any atom is -0.493 e. The molecule has 0 unspecified atom stereocenters. The summed E-state index contributed by atoms with van der Waals surface area (Å²) in [6.45, 7) is 2.28. The number of fused-ring (bicyclic) bond motifs is 1. The number of benzene rings is 3. The Bertz CT molecular complexity index is 1410. The highest BCUT2D eigenvalue weighted by atomic mass is 19.3. The predicted octanol–water partition coefficient (Wildman–Crippen LogP) is 6.00. The van der Waals surface area contributed by atoms with Crippen molar-refractivity contribution in [2.45, 2.75) is 26.2 Å². The molecule has 0 radical (unpaired) electrons. The first-order chi connectivity index (χ1) is 15.3. The van der Waals surface area contributed by atoms with E-state index in [0.717, 1.165) is 23.1 Å². The summed E-state index contributed by atoms with van der Waals surface area (Å²) in [5.74, 6) is -1.39. The van der Waals surface area contributed by atoms with Crippen LogP contribution in [0.5, 0.6) is 5.75 Å². The number of rotatable bonds is 4. The third-order valence-corrected chi connectivity index (χ3v) is 5.99. The standard InChI is InChI=1S/C25H18F3NO3/c1-12-8-14-9-18(25(27)28)19(26)10-17(14)23(16(12)11-21(30)31)15-2-3-20-22-13(5-7-32-20)4-6-29-24(15)22/h2-4,6,8-10,25H,5,7,11H2,1H3,(H,30,31). The zero-order valence-electron chi connectivity index (χ0n) is 17.1. The summed E-state index contributed by atoms with van der Waals surface area (Å²) >= 11 is 0. The third kappa shape index (κ3) is 3.16. The van der Waals surface area contributed by atoms with E-state index in [9.17, 15) is 23.1 Å². The summed E-state index contributed by atoms with van der Waals surface area (Å²) < 4.78 is 47.1. The molecule has 32 heavy (non-hydrogen) atoms. The minimum atomic E-state index is -2.96. The van der Waals surface area contributed by atoms with Gasteiger partial charge >= 0.3 is 5.97 Å². The van der Waals surface area contributed by atoms with Gasteiger partial charge in [0, 0.05) is 23.6 Å². The van der Waals surface area contributed by atoms with E-state index in [-0.39, 0.29) is 6.42 Å². The highest BCUT2D eigenvalue weighted by Crippen LogP contribution is 2.43. The molecule has 0 saturated carbocycles. The summed E-state index contributed by atoms with van der Waals surface area (Å²) in [6, 6.07) is 9.33. The Morgan fingerprint density at radius 2 is 2.03 bits per heavy atom. The average Bonchev–Trinajstić information content (AvgIpc) is 2.75. The van der Waals surface area contributed by atoms with Crippen LogP contribution in [0, 0.1) is 12.7 Å². The van der Waals surface area contributed by atoms with Crippen molar-refractivity contribution in [1.82, 2.24) is 4.98 Å². The number of carboxylic acid groups (broad SMARTS) is 1. The maximum absolute atomic E-state index is 14.6. The second-order valence-corrected chi connectivity index (χ2v) is 7.92. The first kappa shape index (κ1) is 20.3. The van der Waals surface area contributed by atoms with Crippen molar-refractivity contribution in [2.75, 3.05) is 6.61 Å². The Kier molecular flexibility index (Phi) is 4.77. The third-order valence-electron chi connectivity index (χ3n) is 5.99. The van der Waals surface area contributed by atoms with E-state index < -0.39 is 23.8 Å². The molecular formula is C25H18F3NO3. The maximum atomic E-state index is 14.6. The van der Waals surface area contributed by atoms with Crippen molar-refractivity contribution in [1.29, 1.82) is 0 Å². The lowest BCUT2D eigenvalue weighted by Crippen LogP contribution is -2.10. The van der Waals surface area contributed by atoms with Crippen LogP contribution in [0.4, 0.5) is 13.2 Å². The van der Waals surface area contributed by atoms with E-state index >= 15 is 0 Å². The van der Waals surface area contributed by atoms with E-state index in [1.54, 1.807) is 31.3 Å². The van der Waals surface area contributed by atoms with Crippen LogP contribution in [-0.2, 0) is 17.6 Å². The van der Waals surface area contributed by atoms with Crippen LogP contribution in [-0.4, -0.2) is 22.7 Å². The topological polar surface area (TPSA) is 59.4 Å². The monoisotopic (exact) mass is 437 g/mol. The van der Waals surface area contributed by atoms with Gasteiger partial charge in [0.1, 0.15) is 11.6 Å². The SMILES string of the molecule is Cc1cc2cc(C(F)F)c(F)cc2c(-c2ccc3c4c(ccnc24)CCO3)c1CC(=O)O. The molecule has 0 saturated heterocycles. The van der Waals surface area contributed by atoms with Gasteiger partial charge in [-0.15, -0.1) is 0 Å². The molecule has 162 valence electrons. The van der Waals surface area contributed by atoms with Crippen LogP contribution in [0.1, 0.15) is 28.7 Å². The molecule has 0 fully saturated rings. The lowest BCUT2D eigenvalue weighted by Gasteiger charge is -2.22. The van der Waals surface area contributed by atoms with Gasteiger partial charge < -0.3 is 9.84 Å². The number of ether oxygens (including phenoxy) is 1. The number of carboxylic acids is 1. The molecule has 1 aliphatic heterocycles. The Balaban J connectivity index is 1.92. The van der Waals surface area contributed by atoms with Gasteiger partial charge in [-0.05, 0) is 70.3 Å².